The summed E-state index contributed by atoms with van der Waals surface area (Å²) in [6.45, 7) is 10.5. The SMILES string of the molecule is CC(C)(C)c1ccc(F)c(OC(C)(C)C2CC2)c1. The molecular weight excluding hydrogens is 227 g/mol. The van der Waals surface area contributed by atoms with Gasteiger partial charge in [-0.15, -0.1) is 0 Å². The van der Waals surface area contributed by atoms with Gasteiger partial charge in [0, 0.05) is 0 Å². The molecule has 2 rings (SSSR count). The van der Waals surface area contributed by atoms with Crippen LogP contribution in [-0.4, -0.2) is 5.60 Å². The lowest BCUT2D eigenvalue weighted by Crippen LogP contribution is -2.31. The molecule has 0 N–H and O–H groups in total. The summed E-state index contributed by atoms with van der Waals surface area (Å²) in [5.41, 5.74) is 0.845. The standard InChI is InChI=1S/C16H23FO/c1-15(2,3)12-8-9-13(17)14(10-12)18-16(4,5)11-6-7-11/h8-11H,6-7H2,1-5H3. The second kappa shape index (κ2) is 4.25. The molecule has 0 spiro atoms. The average Bonchev–Trinajstić information content (AvgIpc) is 3.02. The highest BCUT2D eigenvalue weighted by Gasteiger charge is 2.40. The summed E-state index contributed by atoms with van der Waals surface area (Å²) in [7, 11) is 0. The molecule has 0 heterocycles. The van der Waals surface area contributed by atoms with E-state index in [1.807, 2.05) is 26.0 Å². The Hall–Kier alpha value is -1.05. The molecule has 0 atom stereocenters. The van der Waals surface area contributed by atoms with Crippen LogP contribution >= 0.6 is 0 Å². The molecule has 0 saturated heterocycles. The van der Waals surface area contributed by atoms with Crippen molar-refractivity contribution in [1.29, 1.82) is 0 Å². The fourth-order valence-corrected chi connectivity index (χ4v) is 2.19. The minimum absolute atomic E-state index is 0.00946. The summed E-state index contributed by atoms with van der Waals surface area (Å²) in [4.78, 5) is 0. The van der Waals surface area contributed by atoms with Crippen molar-refractivity contribution in [3.63, 3.8) is 0 Å². The number of hydrogen-bond acceptors (Lipinski definition) is 1. The normalized spacial score (nSPS) is 16.8. The topological polar surface area (TPSA) is 9.23 Å². The van der Waals surface area contributed by atoms with Gasteiger partial charge >= 0.3 is 0 Å². The maximum atomic E-state index is 13.8. The molecule has 1 saturated carbocycles. The number of hydrogen-bond donors (Lipinski definition) is 0. The zero-order valence-electron chi connectivity index (χ0n) is 12.0. The molecule has 1 aromatic carbocycles. The van der Waals surface area contributed by atoms with Crippen molar-refractivity contribution in [3.05, 3.63) is 29.6 Å². The third kappa shape index (κ3) is 2.85. The molecular formula is C16H23FO. The second-order valence-electron chi connectivity index (χ2n) is 6.87. The number of halogens is 1. The summed E-state index contributed by atoms with van der Waals surface area (Å²) in [5, 5.41) is 0. The van der Waals surface area contributed by atoms with Crippen LogP contribution in [0.4, 0.5) is 4.39 Å². The van der Waals surface area contributed by atoms with Crippen LogP contribution in [0.2, 0.25) is 0 Å². The Bertz CT molecular complexity index is 439. The lowest BCUT2D eigenvalue weighted by atomic mass is 9.87. The Morgan fingerprint density at radius 2 is 1.72 bits per heavy atom. The van der Waals surface area contributed by atoms with E-state index in [2.05, 4.69) is 20.8 Å². The molecule has 1 aliphatic carbocycles. The van der Waals surface area contributed by atoms with Crippen molar-refractivity contribution < 1.29 is 9.13 Å². The third-order valence-electron chi connectivity index (χ3n) is 3.73. The van der Waals surface area contributed by atoms with Gasteiger partial charge in [-0.1, -0.05) is 26.8 Å². The van der Waals surface area contributed by atoms with Crippen LogP contribution in [0.25, 0.3) is 0 Å². The zero-order chi connectivity index (χ0) is 13.6. The predicted molar refractivity (Wildman–Crippen MR) is 72.5 cm³/mol. The Kier molecular flexibility index (Phi) is 3.16. The quantitative estimate of drug-likeness (QED) is 0.756. The second-order valence-corrected chi connectivity index (χ2v) is 6.87. The molecule has 0 aliphatic heterocycles. The van der Waals surface area contributed by atoms with Crippen LogP contribution in [0.3, 0.4) is 0 Å². The van der Waals surface area contributed by atoms with Gasteiger partial charge in [-0.2, -0.15) is 0 Å². The van der Waals surface area contributed by atoms with E-state index < -0.39 is 0 Å². The van der Waals surface area contributed by atoms with E-state index in [0.29, 0.717) is 11.7 Å². The Morgan fingerprint density at radius 1 is 1.11 bits per heavy atom. The lowest BCUT2D eigenvalue weighted by Gasteiger charge is -2.28. The molecule has 1 nitrogen and oxygen atoms in total. The molecule has 0 amide bonds. The van der Waals surface area contributed by atoms with E-state index in [-0.39, 0.29) is 16.8 Å². The summed E-state index contributed by atoms with van der Waals surface area (Å²) in [6, 6.07) is 5.20. The van der Waals surface area contributed by atoms with Gasteiger partial charge in [-0.3, -0.25) is 0 Å². The first kappa shape index (κ1) is 13.4. The summed E-state index contributed by atoms with van der Waals surface area (Å²) >= 11 is 0. The molecule has 1 aromatic rings. The summed E-state index contributed by atoms with van der Waals surface area (Å²) < 4.78 is 19.8. The molecule has 18 heavy (non-hydrogen) atoms. The van der Waals surface area contributed by atoms with Crippen LogP contribution < -0.4 is 4.74 Å². The van der Waals surface area contributed by atoms with E-state index in [9.17, 15) is 4.39 Å². The minimum Gasteiger partial charge on any atom is -0.484 e. The van der Waals surface area contributed by atoms with Crippen molar-refractivity contribution in [3.8, 4) is 5.75 Å². The van der Waals surface area contributed by atoms with Crippen LogP contribution in [0.1, 0.15) is 53.0 Å². The highest BCUT2D eigenvalue weighted by Crippen LogP contribution is 2.42. The van der Waals surface area contributed by atoms with Gasteiger partial charge in [-0.05, 0) is 55.7 Å². The van der Waals surface area contributed by atoms with Crippen molar-refractivity contribution in [1.82, 2.24) is 0 Å². The van der Waals surface area contributed by atoms with E-state index in [1.165, 1.54) is 18.9 Å². The van der Waals surface area contributed by atoms with Crippen LogP contribution in [-0.2, 0) is 5.41 Å². The Morgan fingerprint density at radius 3 is 2.22 bits per heavy atom. The summed E-state index contributed by atoms with van der Waals surface area (Å²) in [5.74, 6) is 0.686. The van der Waals surface area contributed by atoms with Crippen LogP contribution in [0.15, 0.2) is 18.2 Å². The van der Waals surface area contributed by atoms with Crippen molar-refractivity contribution >= 4 is 0 Å². The van der Waals surface area contributed by atoms with E-state index >= 15 is 0 Å². The van der Waals surface area contributed by atoms with Crippen LogP contribution in [0, 0.1) is 11.7 Å². The van der Waals surface area contributed by atoms with Gasteiger partial charge in [0.15, 0.2) is 11.6 Å². The molecule has 1 fully saturated rings. The van der Waals surface area contributed by atoms with Gasteiger partial charge < -0.3 is 4.74 Å². The first-order chi connectivity index (χ1) is 8.20. The lowest BCUT2D eigenvalue weighted by molar-refractivity contribution is 0.0799. The smallest absolute Gasteiger partial charge is 0.165 e. The zero-order valence-corrected chi connectivity index (χ0v) is 12.0. The summed E-state index contributed by atoms with van der Waals surface area (Å²) in [6.07, 6.45) is 2.38. The van der Waals surface area contributed by atoms with Crippen molar-refractivity contribution in [2.45, 2.75) is 58.5 Å². The van der Waals surface area contributed by atoms with E-state index in [1.54, 1.807) is 0 Å². The van der Waals surface area contributed by atoms with Gasteiger partial charge in [0.05, 0.1) is 0 Å². The molecule has 2 heteroatoms. The van der Waals surface area contributed by atoms with Gasteiger partial charge in [0.2, 0.25) is 0 Å². The first-order valence-electron chi connectivity index (χ1n) is 6.69. The van der Waals surface area contributed by atoms with Crippen molar-refractivity contribution in [2.75, 3.05) is 0 Å². The van der Waals surface area contributed by atoms with Crippen LogP contribution in [0.5, 0.6) is 5.75 Å². The fourth-order valence-electron chi connectivity index (χ4n) is 2.19. The maximum absolute atomic E-state index is 13.8. The first-order valence-corrected chi connectivity index (χ1v) is 6.69. The molecule has 100 valence electrons. The highest BCUT2D eigenvalue weighted by molar-refractivity contribution is 5.34. The van der Waals surface area contributed by atoms with E-state index in [4.69, 9.17) is 4.74 Å². The predicted octanol–water partition coefficient (Wildman–Crippen LogP) is 4.69. The fraction of sp³-hybridized carbons (Fsp3) is 0.625. The largest absolute Gasteiger partial charge is 0.484 e. The van der Waals surface area contributed by atoms with Gasteiger partial charge in [-0.25, -0.2) is 4.39 Å². The van der Waals surface area contributed by atoms with E-state index in [0.717, 1.165) is 5.56 Å². The number of benzene rings is 1. The Balaban J connectivity index is 2.26. The number of ether oxygens (including phenoxy) is 1. The molecule has 0 unspecified atom stereocenters. The molecule has 0 aromatic heterocycles. The minimum atomic E-state index is -0.267. The maximum Gasteiger partial charge on any atom is 0.165 e. The third-order valence-corrected chi connectivity index (χ3v) is 3.73. The highest BCUT2D eigenvalue weighted by atomic mass is 19.1. The average molecular weight is 250 g/mol. The Labute approximate surface area is 109 Å². The number of rotatable bonds is 3. The molecule has 0 radical (unpaired) electrons. The molecule has 0 bridgehead atoms. The molecule has 1 aliphatic rings. The van der Waals surface area contributed by atoms with Crippen molar-refractivity contribution in [2.24, 2.45) is 5.92 Å². The monoisotopic (exact) mass is 250 g/mol. The van der Waals surface area contributed by atoms with Gasteiger partial charge in [0.1, 0.15) is 5.60 Å². The van der Waals surface area contributed by atoms with Gasteiger partial charge in [0.25, 0.3) is 0 Å².